The van der Waals surface area contributed by atoms with E-state index in [1.807, 2.05) is 6.92 Å². The van der Waals surface area contributed by atoms with Crippen LogP contribution in [0.3, 0.4) is 0 Å². The fraction of sp³-hybridized carbons (Fsp3) is 0.556. The van der Waals surface area contributed by atoms with E-state index in [2.05, 4.69) is 9.55 Å². The van der Waals surface area contributed by atoms with Gasteiger partial charge in [-0.25, -0.2) is 4.98 Å². The van der Waals surface area contributed by atoms with Crippen molar-refractivity contribution in [2.75, 3.05) is 0 Å². The average molecular weight is 180 g/mol. The van der Waals surface area contributed by atoms with Gasteiger partial charge in [-0.05, 0) is 13.3 Å². The third-order valence-corrected chi connectivity index (χ3v) is 2.64. The van der Waals surface area contributed by atoms with Crippen molar-refractivity contribution in [2.24, 2.45) is 5.92 Å². The van der Waals surface area contributed by atoms with E-state index in [9.17, 15) is 4.79 Å². The van der Waals surface area contributed by atoms with Crippen LogP contribution in [0.25, 0.3) is 0 Å². The third kappa shape index (κ3) is 1.32. The first kappa shape index (κ1) is 8.29. The Morgan fingerprint density at radius 3 is 3.23 bits per heavy atom. The van der Waals surface area contributed by atoms with Gasteiger partial charge in [0.15, 0.2) is 0 Å². The summed E-state index contributed by atoms with van der Waals surface area (Å²) in [5.41, 5.74) is 1.05. The number of carboxylic acid groups (broad SMARTS) is 1. The van der Waals surface area contributed by atoms with Crippen LogP contribution in [0.4, 0.5) is 0 Å². The van der Waals surface area contributed by atoms with Gasteiger partial charge in [0, 0.05) is 24.9 Å². The van der Waals surface area contributed by atoms with Crippen LogP contribution in [0.1, 0.15) is 17.9 Å². The van der Waals surface area contributed by atoms with Gasteiger partial charge in [-0.1, -0.05) is 0 Å². The van der Waals surface area contributed by atoms with E-state index >= 15 is 0 Å². The quantitative estimate of drug-likeness (QED) is 0.696. The van der Waals surface area contributed by atoms with Crippen molar-refractivity contribution in [3.05, 3.63) is 17.7 Å². The molecular formula is C9H12N2O2. The molecule has 4 heteroatoms. The molecule has 1 aliphatic heterocycles. The normalized spacial score (nSPS) is 21.2. The number of hydrogen-bond donors (Lipinski definition) is 1. The van der Waals surface area contributed by atoms with Crippen LogP contribution in [0.5, 0.6) is 0 Å². The van der Waals surface area contributed by atoms with Crippen molar-refractivity contribution in [1.29, 1.82) is 0 Å². The number of hydrogen-bond acceptors (Lipinski definition) is 2. The van der Waals surface area contributed by atoms with Crippen LogP contribution in [0, 0.1) is 12.8 Å². The lowest BCUT2D eigenvalue weighted by molar-refractivity contribution is -0.142. The molecule has 0 bridgehead atoms. The summed E-state index contributed by atoms with van der Waals surface area (Å²) in [5.74, 6) is 0.0764. The number of imidazole rings is 1. The van der Waals surface area contributed by atoms with Crippen molar-refractivity contribution < 1.29 is 9.90 Å². The third-order valence-electron chi connectivity index (χ3n) is 2.64. The van der Waals surface area contributed by atoms with Crippen LogP contribution in [0.15, 0.2) is 6.20 Å². The van der Waals surface area contributed by atoms with E-state index in [-0.39, 0.29) is 5.92 Å². The minimum Gasteiger partial charge on any atom is -0.481 e. The fourth-order valence-electron chi connectivity index (χ4n) is 1.83. The number of aryl methyl sites for hydroxylation is 1. The molecule has 2 rings (SSSR count). The molecule has 0 spiro atoms. The molecule has 1 atom stereocenters. The molecule has 0 aliphatic carbocycles. The van der Waals surface area contributed by atoms with Crippen molar-refractivity contribution >= 4 is 5.97 Å². The first-order valence-corrected chi connectivity index (χ1v) is 4.42. The summed E-state index contributed by atoms with van der Waals surface area (Å²) in [5, 5.41) is 8.84. The summed E-state index contributed by atoms with van der Waals surface area (Å²) >= 11 is 0. The molecule has 1 N–H and O–H groups in total. The molecule has 0 fully saturated rings. The van der Waals surface area contributed by atoms with Gasteiger partial charge in [-0.3, -0.25) is 4.79 Å². The highest BCUT2D eigenvalue weighted by Gasteiger charge is 2.24. The second-order valence-electron chi connectivity index (χ2n) is 3.48. The van der Waals surface area contributed by atoms with Crippen molar-refractivity contribution in [3.63, 3.8) is 0 Å². The molecule has 1 aliphatic rings. The smallest absolute Gasteiger partial charge is 0.306 e. The van der Waals surface area contributed by atoms with Gasteiger partial charge in [0.2, 0.25) is 0 Å². The van der Waals surface area contributed by atoms with Crippen LogP contribution in [-0.2, 0) is 17.8 Å². The van der Waals surface area contributed by atoms with Crippen LogP contribution >= 0.6 is 0 Å². The van der Waals surface area contributed by atoms with Gasteiger partial charge < -0.3 is 9.67 Å². The summed E-state index contributed by atoms with van der Waals surface area (Å²) in [7, 11) is 0. The number of fused-ring (bicyclic) bond motifs is 1. The molecule has 4 nitrogen and oxygen atoms in total. The summed E-state index contributed by atoms with van der Waals surface area (Å²) < 4.78 is 2.10. The highest BCUT2D eigenvalue weighted by molar-refractivity contribution is 5.70. The second-order valence-corrected chi connectivity index (χ2v) is 3.48. The topological polar surface area (TPSA) is 55.1 Å². The lowest BCUT2D eigenvalue weighted by Crippen LogP contribution is -2.25. The first-order chi connectivity index (χ1) is 6.18. The lowest BCUT2D eigenvalue weighted by Gasteiger charge is -2.21. The molecule has 70 valence electrons. The highest BCUT2D eigenvalue weighted by atomic mass is 16.4. The van der Waals surface area contributed by atoms with Crippen molar-refractivity contribution in [3.8, 4) is 0 Å². The van der Waals surface area contributed by atoms with Gasteiger partial charge in [0.05, 0.1) is 5.92 Å². The Morgan fingerprint density at radius 2 is 2.54 bits per heavy atom. The SMILES string of the molecule is Cc1ncc2n1CC[C@H](C(=O)O)C2. The Bertz CT molecular complexity index is 343. The fourth-order valence-corrected chi connectivity index (χ4v) is 1.83. The Kier molecular flexibility index (Phi) is 1.83. The van der Waals surface area contributed by atoms with E-state index in [1.54, 1.807) is 6.20 Å². The molecule has 0 radical (unpaired) electrons. The molecule has 13 heavy (non-hydrogen) atoms. The molecule has 0 unspecified atom stereocenters. The van der Waals surface area contributed by atoms with Crippen molar-refractivity contribution in [2.45, 2.75) is 26.3 Å². The van der Waals surface area contributed by atoms with Gasteiger partial charge >= 0.3 is 5.97 Å². The summed E-state index contributed by atoms with van der Waals surface area (Å²) in [6.45, 7) is 2.74. The first-order valence-electron chi connectivity index (χ1n) is 4.42. The standard InChI is InChI=1S/C9H12N2O2/c1-6-10-5-8-4-7(9(12)13)2-3-11(6)8/h5,7H,2-4H2,1H3,(H,12,13)/t7-/m0/s1. The summed E-state index contributed by atoms with van der Waals surface area (Å²) in [6.07, 6.45) is 3.13. The number of rotatable bonds is 1. The molecular weight excluding hydrogens is 168 g/mol. The molecule has 0 saturated carbocycles. The average Bonchev–Trinajstić information content (AvgIpc) is 2.47. The molecule has 0 amide bonds. The van der Waals surface area contributed by atoms with Gasteiger partial charge in [0.25, 0.3) is 0 Å². The Morgan fingerprint density at radius 1 is 1.77 bits per heavy atom. The highest BCUT2D eigenvalue weighted by Crippen LogP contribution is 2.21. The number of carbonyl (C=O) groups is 1. The second kappa shape index (κ2) is 2.87. The maximum Gasteiger partial charge on any atom is 0.306 e. The van der Waals surface area contributed by atoms with Crippen LogP contribution in [-0.4, -0.2) is 20.6 Å². The predicted molar refractivity (Wildman–Crippen MR) is 46.4 cm³/mol. The largest absolute Gasteiger partial charge is 0.481 e. The van der Waals surface area contributed by atoms with E-state index in [0.29, 0.717) is 6.42 Å². The molecule has 1 aromatic rings. The summed E-state index contributed by atoms with van der Waals surface area (Å²) in [4.78, 5) is 14.9. The van der Waals surface area contributed by atoms with Crippen LogP contribution in [0.2, 0.25) is 0 Å². The maximum atomic E-state index is 10.7. The van der Waals surface area contributed by atoms with E-state index in [4.69, 9.17) is 5.11 Å². The molecule has 0 saturated heterocycles. The van der Waals surface area contributed by atoms with Crippen molar-refractivity contribution in [1.82, 2.24) is 9.55 Å². The zero-order chi connectivity index (χ0) is 9.42. The monoisotopic (exact) mass is 180 g/mol. The zero-order valence-electron chi connectivity index (χ0n) is 7.53. The zero-order valence-corrected chi connectivity index (χ0v) is 7.53. The Balaban J connectivity index is 2.25. The van der Waals surface area contributed by atoms with Gasteiger partial charge in [0.1, 0.15) is 5.82 Å². The van der Waals surface area contributed by atoms with Crippen LogP contribution < -0.4 is 0 Å². The van der Waals surface area contributed by atoms with Gasteiger partial charge in [-0.2, -0.15) is 0 Å². The van der Waals surface area contributed by atoms with Gasteiger partial charge in [-0.15, -0.1) is 0 Å². The van der Waals surface area contributed by atoms with E-state index in [0.717, 1.165) is 24.5 Å². The molecule has 2 heterocycles. The lowest BCUT2D eigenvalue weighted by atomic mass is 9.96. The number of aliphatic carboxylic acids is 1. The number of carboxylic acids is 1. The van der Waals surface area contributed by atoms with E-state index < -0.39 is 5.97 Å². The number of aromatic nitrogens is 2. The molecule has 0 aromatic carbocycles. The Hall–Kier alpha value is -1.32. The molecule has 1 aromatic heterocycles. The number of nitrogens with zero attached hydrogens (tertiary/aromatic N) is 2. The minimum absolute atomic E-state index is 0.219. The Labute approximate surface area is 76.2 Å². The van der Waals surface area contributed by atoms with E-state index in [1.165, 1.54) is 0 Å². The summed E-state index contributed by atoms with van der Waals surface area (Å²) in [6, 6.07) is 0. The minimum atomic E-state index is -0.690. The maximum absolute atomic E-state index is 10.7. The predicted octanol–water partition coefficient (Wildman–Crippen LogP) is 0.839.